The molecule has 11 heteroatoms. The van der Waals surface area contributed by atoms with Crippen molar-refractivity contribution in [1.29, 1.82) is 0 Å². The van der Waals surface area contributed by atoms with Gasteiger partial charge in [-0.3, -0.25) is 4.79 Å². The first-order chi connectivity index (χ1) is 11.4. The van der Waals surface area contributed by atoms with E-state index in [1.807, 2.05) is 0 Å². The quantitative estimate of drug-likeness (QED) is 0.734. The minimum absolute atomic E-state index is 0. The molecule has 1 aliphatic heterocycles. The van der Waals surface area contributed by atoms with Crippen LogP contribution in [0.15, 0.2) is 16.3 Å². The van der Waals surface area contributed by atoms with Crippen LogP contribution in [0.25, 0.3) is 0 Å². The van der Waals surface area contributed by atoms with E-state index in [0.29, 0.717) is 30.4 Å². The lowest BCUT2D eigenvalue weighted by Crippen LogP contribution is -2.39. The van der Waals surface area contributed by atoms with Gasteiger partial charge in [-0.25, -0.2) is 8.42 Å². The summed E-state index contributed by atoms with van der Waals surface area (Å²) >= 11 is 6.88. The van der Waals surface area contributed by atoms with Crippen molar-refractivity contribution in [3.63, 3.8) is 0 Å². The molecule has 144 valence electrons. The summed E-state index contributed by atoms with van der Waals surface area (Å²) in [6.45, 7) is 1.81. The van der Waals surface area contributed by atoms with Crippen molar-refractivity contribution >= 4 is 51.3 Å². The highest BCUT2D eigenvalue weighted by Gasteiger charge is 2.29. The molecule has 0 spiro atoms. The second-order valence-corrected chi connectivity index (χ2v) is 9.37. The van der Waals surface area contributed by atoms with Crippen LogP contribution in [0.1, 0.15) is 12.8 Å². The lowest BCUT2D eigenvalue weighted by Gasteiger charge is -2.23. The Morgan fingerprint density at radius 3 is 2.64 bits per heavy atom. The van der Waals surface area contributed by atoms with E-state index in [4.69, 9.17) is 22.1 Å². The fourth-order valence-corrected chi connectivity index (χ4v) is 5.64. The number of amides is 1. The van der Waals surface area contributed by atoms with Crippen LogP contribution >= 0.6 is 35.3 Å². The number of thiophene rings is 1. The molecule has 2 N–H and O–H groups in total. The summed E-state index contributed by atoms with van der Waals surface area (Å²) < 4.78 is 32.5. The number of nitrogens with two attached hydrogens (primary N) is 1. The number of sulfonamides is 1. The molecule has 1 fully saturated rings. The van der Waals surface area contributed by atoms with Gasteiger partial charge < -0.3 is 15.4 Å². The van der Waals surface area contributed by atoms with Crippen molar-refractivity contribution in [2.75, 3.05) is 39.8 Å². The molecule has 1 aromatic rings. The van der Waals surface area contributed by atoms with Crippen LogP contribution in [0, 0.1) is 0 Å². The van der Waals surface area contributed by atoms with Crippen molar-refractivity contribution < 1.29 is 17.9 Å². The number of rotatable bonds is 6. The maximum absolute atomic E-state index is 12.6. The number of ether oxygens (including phenoxy) is 1. The normalized spacial score (nSPS) is 17.6. The molecule has 2 rings (SSSR count). The van der Waals surface area contributed by atoms with Crippen LogP contribution < -0.4 is 5.73 Å². The molecule has 2 heterocycles. The molecule has 7 nitrogen and oxygen atoms in total. The van der Waals surface area contributed by atoms with E-state index in [1.165, 1.54) is 17.5 Å². The summed E-state index contributed by atoms with van der Waals surface area (Å²) in [5.41, 5.74) is 5.54. The highest BCUT2D eigenvalue weighted by Crippen LogP contribution is 2.28. The third kappa shape index (κ3) is 5.78. The average Bonchev–Trinajstić information content (AvgIpc) is 2.85. The molecule has 0 aromatic carbocycles. The Labute approximate surface area is 163 Å². The Kier molecular flexibility index (Phi) is 9.10. The van der Waals surface area contributed by atoms with Gasteiger partial charge in [-0.2, -0.15) is 4.31 Å². The molecule has 1 saturated heterocycles. The Bertz CT molecular complexity index is 665. The number of methoxy groups -OCH3 is 1. The fourth-order valence-electron chi connectivity index (χ4n) is 2.53. The number of hydrogen-bond donors (Lipinski definition) is 1. The van der Waals surface area contributed by atoms with E-state index >= 15 is 0 Å². The first-order valence-electron chi connectivity index (χ1n) is 7.64. The SMILES string of the molecule is COC(CN)CC(=O)N1CCCN(S(=O)(=O)c2ccc(Cl)s2)CC1.Cl. The van der Waals surface area contributed by atoms with Crippen LogP contribution in [0.5, 0.6) is 0 Å². The van der Waals surface area contributed by atoms with Gasteiger partial charge in [0.2, 0.25) is 5.91 Å². The van der Waals surface area contributed by atoms with E-state index < -0.39 is 10.0 Å². The van der Waals surface area contributed by atoms with Gasteiger partial charge in [0.05, 0.1) is 16.9 Å². The number of nitrogens with zero attached hydrogens (tertiary/aromatic N) is 2. The Morgan fingerprint density at radius 2 is 2.08 bits per heavy atom. The molecule has 1 atom stereocenters. The van der Waals surface area contributed by atoms with E-state index in [9.17, 15) is 13.2 Å². The summed E-state index contributed by atoms with van der Waals surface area (Å²) in [6, 6.07) is 3.09. The maximum atomic E-state index is 12.6. The highest BCUT2D eigenvalue weighted by molar-refractivity contribution is 7.91. The van der Waals surface area contributed by atoms with E-state index in [0.717, 1.165) is 11.3 Å². The van der Waals surface area contributed by atoms with E-state index in [1.54, 1.807) is 11.0 Å². The molecule has 1 aliphatic rings. The summed E-state index contributed by atoms with van der Waals surface area (Å²) in [6.07, 6.45) is 0.485. The van der Waals surface area contributed by atoms with Gasteiger partial charge in [0.1, 0.15) is 4.21 Å². The zero-order chi connectivity index (χ0) is 17.7. The monoisotopic (exact) mass is 431 g/mol. The van der Waals surface area contributed by atoms with Gasteiger partial charge in [-0.05, 0) is 18.6 Å². The summed E-state index contributed by atoms with van der Waals surface area (Å²) in [5, 5.41) is 0. The zero-order valence-corrected chi connectivity index (χ0v) is 17.1. The topological polar surface area (TPSA) is 92.9 Å². The Balaban J connectivity index is 0.00000312. The summed E-state index contributed by atoms with van der Waals surface area (Å²) in [5.74, 6) is -0.0642. The molecular formula is C14H23Cl2N3O4S2. The van der Waals surface area contributed by atoms with Crippen LogP contribution in [0.2, 0.25) is 4.34 Å². The number of halogens is 2. The lowest BCUT2D eigenvalue weighted by molar-refractivity contribution is -0.133. The number of hydrogen-bond acceptors (Lipinski definition) is 6. The maximum Gasteiger partial charge on any atom is 0.252 e. The molecule has 0 aliphatic carbocycles. The lowest BCUT2D eigenvalue weighted by atomic mass is 10.2. The van der Waals surface area contributed by atoms with Crippen molar-refractivity contribution in [1.82, 2.24) is 9.21 Å². The molecule has 1 unspecified atom stereocenters. The third-order valence-electron chi connectivity index (χ3n) is 3.95. The fraction of sp³-hybridized carbons (Fsp3) is 0.643. The minimum Gasteiger partial charge on any atom is -0.380 e. The molecule has 0 saturated carbocycles. The van der Waals surface area contributed by atoms with Gasteiger partial charge in [0.25, 0.3) is 10.0 Å². The Hall–Kier alpha value is -0.420. The van der Waals surface area contributed by atoms with Crippen LogP contribution in [0.3, 0.4) is 0 Å². The third-order valence-corrected chi connectivity index (χ3v) is 7.55. The molecule has 1 amide bonds. The molecule has 0 bridgehead atoms. The first-order valence-corrected chi connectivity index (χ1v) is 10.3. The van der Waals surface area contributed by atoms with Gasteiger partial charge in [0.15, 0.2) is 0 Å². The van der Waals surface area contributed by atoms with Crippen LogP contribution in [-0.4, -0.2) is 69.5 Å². The van der Waals surface area contributed by atoms with E-state index in [-0.39, 0.29) is 48.1 Å². The number of carbonyl (C=O) groups excluding carboxylic acids is 1. The van der Waals surface area contributed by atoms with Crippen LogP contribution in [-0.2, 0) is 19.6 Å². The van der Waals surface area contributed by atoms with Crippen molar-refractivity contribution in [2.45, 2.75) is 23.2 Å². The second kappa shape index (κ2) is 10.1. The summed E-state index contributed by atoms with van der Waals surface area (Å²) in [4.78, 5) is 14.0. The molecule has 0 radical (unpaired) electrons. The Morgan fingerprint density at radius 1 is 1.36 bits per heavy atom. The highest BCUT2D eigenvalue weighted by atomic mass is 35.5. The smallest absolute Gasteiger partial charge is 0.252 e. The van der Waals surface area contributed by atoms with Gasteiger partial charge >= 0.3 is 0 Å². The molecular weight excluding hydrogens is 409 g/mol. The molecule has 1 aromatic heterocycles. The largest absolute Gasteiger partial charge is 0.380 e. The van der Waals surface area contributed by atoms with Gasteiger partial charge in [-0.1, -0.05) is 11.6 Å². The average molecular weight is 432 g/mol. The predicted molar refractivity (Wildman–Crippen MR) is 101 cm³/mol. The van der Waals surface area contributed by atoms with Crippen molar-refractivity contribution in [3.8, 4) is 0 Å². The number of carbonyl (C=O) groups is 1. The molecule has 25 heavy (non-hydrogen) atoms. The van der Waals surface area contributed by atoms with Crippen LogP contribution in [0.4, 0.5) is 0 Å². The summed E-state index contributed by atoms with van der Waals surface area (Å²) in [7, 11) is -2.04. The van der Waals surface area contributed by atoms with Gasteiger partial charge in [-0.15, -0.1) is 23.7 Å². The second-order valence-electron chi connectivity index (χ2n) is 5.49. The zero-order valence-electron chi connectivity index (χ0n) is 13.9. The van der Waals surface area contributed by atoms with Crippen molar-refractivity contribution in [2.24, 2.45) is 5.73 Å². The van der Waals surface area contributed by atoms with E-state index in [2.05, 4.69) is 0 Å². The predicted octanol–water partition coefficient (Wildman–Crippen LogP) is 1.41. The first kappa shape index (κ1) is 22.6. The standard InChI is InChI=1S/C14H22ClN3O4S2.ClH/c1-22-11(10-16)9-13(19)17-5-2-6-18(8-7-17)24(20,21)14-4-3-12(15)23-14;/h3-4,11H,2,5-10,16H2,1H3;1H. The van der Waals surface area contributed by atoms with Crippen molar-refractivity contribution in [3.05, 3.63) is 16.5 Å². The van der Waals surface area contributed by atoms with Gasteiger partial charge in [0, 0.05) is 39.8 Å². The minimum atomic E-state index is -3.56.